The molecule has 1 unspecified atom stereocenters. The summed E-state index contributed by atoms with van der Waals surface area (Å²) in [6, 6.07) is 5.03. The summed E-state index contributed by atoms with van der Waals surface area (Å²) in [4.78, 5) is 33.8. The Bertz CT molecular complexity index is 966. The number of amides is 2. The fourth-order valence-corrected chi connectivity index (χ4v) is 5.52. The van der Waals surface area contributed by atoms with Gasteiger partial charge in [0.1, 0.15) is 11.6 Å². The van der Waals surface area contributed by atoms with E-state index in [9.17, 15) is 14.0 Å². The van der Waals surface area contributed by atoms with Gasteiger partial charge in [-0.15, -0.1) is 0 Å². The topological polar surface area (TPSA) is 58.4 Å². The van der Waals surface area contributed by atoms with Crippen LogP contribution in [0.1, 0.15) is 77.0 Å². The minimum absolute atomic E-state index is 0.0738. The monoisotopic (exact) mass is 442 g/mol. The van der Waals surface area contributed by atoms with Crippen molar-refractivity contribution in [2.75, 3.05) is 19.6 Å². The van der Waals surface area contributed by atoms with Crippen LogP contribution in [0.2, 0.25) is 0 Å². The molecule has 1 saturated heterocycles. The number of rotatable bonds is 6. The Labute approximate surface area is 189 Å². The van der Waals surface area contributed by atoms with Crippen molar-refractivity contribution in [2.45, 2.75) is 83.7 Å². The molecule has 6 nitrogen and oxygen atoms in total. The van der Waals surface area contributed by atoms with E-state index >= 15 is 0 Å². The predicted octanol–water partition coefficient (Wildman–Crippen LogP) is 4.47. The van der Waals surface area contributed by atoms with Crippen molar-refractivity contribution in [3.8, 4) is 0 Å². The average Bonchev–Trinajstić information content (AvgIpc) is 3.16. The maximum absolute atomic E-state index is 13.9. The molecule has 1 aromatic heterocycles. The number of halogens is 1. The molecule has 174 valence electrons. The summed E-state index contributed by atoms with van der Waals surface area (Å²) in [5, 5.41) is 0. The van der Waals surface area contributed by atoms with Gasteiger partial charge in [0, 0.05) is 57.5 Å². The van der Waals surface area contributed by atoms with E-state index < -0.39 is 0 Å². The number of aromatic nitrogens is 2. The van der Waals surface area contributed by atoms with E-state index in [1.807, 2.05) is 4.90 Å². The minimum Gasteiger partial charge on any atom is -0.342 e. The molecule has 0 spiro atoms. The van der Waals surface area contributed by atoms with Crippen LogP contribution in [0, 0.1) is 5.82 Å². The fraction of sp³-hybridized carbons (Fsp3) is 0.640. The van der Waals surface area contributed by atoms with Gasteiger partial charge in [-0.05, 0) is 44.7 Å². The zero-order valence-corrected chi connectivity index (χ0v) is 19.4. The van der Waals surface area contributed by atoms with Gasteiger partial charge in [-0.3, -0.25) is 9.59 Å². The first-order valence-corrected chi connectivity index (χ1v) is 12.2. The highest BCUT2D eigenvalue weighted by Gasteiger charge is 2.29. The largest absolute Gasteiger partial charge is 0.342 e. The van der Waals surface area contributed by atoms with Gasteiger partial charge in [-0.2, -0.15) is 0 Å². The summed E-state index contributed by atoms with van der Waals surface area (Å²) >= 11 is 0. The zero-order valence-electron chi connectivity index (χ0n) is 19.4. The summed E-state index contributed by atoms with van der Waals surface area (Å²) in [6.45, 7) is 6.32. The van der Waals surface area contributed by atoms with Gasteiger partial charge in [0.05, 0.1) is 11.0 Å². The van der Waals surface area contributed by atoms with Crippen LogP contribution in [-0.4, -0.2) is 56.8 Å². The van der Waals surface area contributed by atoms with Gasteiger partial charge < -0.3 is 14.4 Å². The molecule has 4 rings (SSSR count). The number of imidazole rings is 1. The Kier molecular flexibility index (Phi) is 7.11. The van der Waals surface area contributed by atoms with Crippen molar-refractivity contribution in [2.24, 2.45) is 0 Å². The third-order valence-electron chi connectivity index (χ3n) is 7.20. The maximum atomic E-state index is 13.9. The summed E-state index contributed by atoms with van der Waals surface area (Å²) in [7, 11) is 0. The number of hydrogen-bond acceptors (Lipinski definition) is 3. The van der Waals surface area contributed by atoms with Gasteiger partial charge in [0.25, 0.3) is 0 Å². The fourth-order valence-electron chi connectivity index (χ4n) is 5.52. The Morgan fingerprint density at radius 2 is 1.94 bits per heavy atom. The highest BCUT2D eigenvalue weighted by atomic mass is 19.1. The average molecular weight is 443 g/mol. The van der Waals surface area contributed by atoms with E-state index in [1.54, 1.807) is 13.0 Å². The van der Waals surface area contributed by atoms with Crippen LogP contribution >= 0.6 is 0 Å². The third kappa shape index (κ3) is 4.81. The summed E-state index contributed by atoms with van der Waals surface area (Å²) in [6.07, 6.45) is 8.13. The number of carbonyl (C=O) groups excluding carboxylic acids is 2. The quantitative estimate of drug-likeness (QED) is 0.663. The number of carbonyl (C=O) groups is 2. The Balaban J connectivity index is 1.57. The second-order valence-electron chi connectivity index (χ2n) is 9.28. The highest BCUT2D eigenvalue weighted by molar-refractivity contribution is 5.78. The molecule has 7 heteroatoms. The van der Waals surface area contributed by atoms with E-state index in [1.165, 1.54) is 31.4 Å². The smallest absolute Gasteiger partial charge is 0.224 e. The van der Waals surface area contributed by atoms with Crippen LogP contribution in [0.25, 0.3) is 11.0 Å². The van der Waals surface area contributed by atoms with Gasteiger partial charge in [-0.1, -0.05) is 19.3 Å². The van der Waals surface area contributed by atoms with E-state index in [0.717, 1.165) is 50.1 Å². The Hall–Kier alpha value is -2.44. The number of aryl methyl sites for hydroxylation is 1. The molecule has 32 heavy (non-hydrogen) atoms. The minimum atomic E-state index is -0.312. The van der Waals surface area contributed by atoms with Crippen molar-refractivity contribution in [1.29, 1.82) is 0 Å². The van der Waals surface area contributed by atoms with E-state index in [2.05, 4.69) is 16.4 Å². The van der Waals surface area contributed by atoms with Gasteiger partial charge >= 0.3 is 0 Å². The van der Waals surface area contributed by atoms with Crippen LogP contribution in [-0.2, 0) is 16.1 Å². The van der Waals surface area contributed by atoms with Crippen molar-refractivity contribution < 1.29 is 14.0 Å². The standard InChI is InChI=1S/C25H35FN4O2/c1-3-29(21-9-5-4-6-10-21)24(32)13-15-30-23-12-11-20(26)16-22(23)27-25(30)19-8-7-14-28(17-19)18(2)31/h11-12,16,19,21H,3-10,13-15,17H2,1-2H3. The van der Waals surface area contributed by atoms with Crippen molar-refractivity contribution in [3.05, 3.63) is 29.8 Å². The van der Waals surface area contributed by atoms with E-state index in [4.69, 9.17) is 4.98 Å². The normalized spacial score (nSPS) is 20.0. The van der Waals surface area contributed by atoms with Crippen molar-refractivity contribution in [3.63, 3.8) is 0 Å². The molecule has 0 radical (unpaired) electrons. The molecule has 2 aromatic rings. The van der Waals surface area contributed by atoms with Gasteiger partial charge in [-0.25, -0.2) is 9.37 Å². The number of fused-ring (bicyclic) bond motifs is 1. The predicted molar refractivity (Wildman–Crippen MR) is 123 cm³/mol. The lowest BCUT2D eigenvalue weighted by Crippen LogP contribution is -2.41. The third-order valence-corrected chi connectivity index (χ3v) is 7.20. The van der Waals surface area contributed by atoms with Crippen LogP contribution in [0.3, 0.4) is 0 Å². The Morgan fingerprint density at radius 1 is 1.16 bits per heavy atom. The summed E-state index contributed by atoms with van der Waals surface area (Å²) < 4.78 is 16.0. The molecule has 2 aliphatic rings. The molecule has 1 saturated carbocycles. The second kappa shape index (κ2) is 10.0. The molecule has 0 bridgehead atoms. The number of benzene rings is 1. The molecule has 2 fully saturated rings. The molecule has 1 aliphatic heterocycles. The van der Waals surface area contributed by atoms with Crippen LogP contribution in [0.5, 0.6) is 0 Å². The first kappa shape index (κ1) is 22.7. The lowest BCUT2D eigenvalue weighted by Gasteiger charge is -2.34. The number of hydrogen-bond donors (Lipinski definition) is 0. The van der Waals surface area contributed by atoms with Crippen LogP contribution in [0.4, 0.5) is 4.39 Å². The number of likely N-dealkylation sites (tertiary alicyclic amines) is 1. The van der Waals surface area contributed by atoms with Crippen molar-refractivity contribution in [1.82, 2.24) is 19.4 Å². The summed E-state index contributed by atoms with van der Waals surface area (Å²) in [5.41, 5.74) is 1.47. The van der Waals surface area contributed by atoms with Crippen molar-refractivity contribution >= 4 is 22.8 Å². The van der Waals surface area contributed by atoms with Gasteiger partial charge in [0.2, 0.25) is 11.8 Å². The Morgan fingerprint density at radius 3 is 2.66 bits per heavy atom. The lowest BCUT2D eigenvalue weighted by molar-refractivity contribution is -0.134. The van der Waals surface area contributed by atoms with Crippen LogP contribution < -0.4 is 0 Å². The molecule has 1 aromatic carbocycles. The molecular formula is C25H35FN4O2. The molecule has 1 atom stereocenters. The lowest BCUT2D eigenvalue weighted by atomic mass is 9.94. The van der Waals surface area contributed by atoms with Gasteiger partial charge in [0.15, 0.2) is 0 Å². The molecule has 1 aliphatic carbocycles. The van der Waals surface area contributed by atoms with E-state index in [-0.39, 0.29) is 23.5 Å². The first-order valence-electron chi connectivity index (χ1n) is 12.2. The molecule has 0 N–H and O–H groups in total. The number of nitrogens with zero attached hydrogens (tertiary/aromatic N) is 4. The maximum Gasteiger partial charge on any atom is 0.224 e. The highest BCUT2D eigenvalue weighted by Crippen LogP contribution is 2.30. The second-order valence-corrected chi connectivity index (χ2v) is 9.28. The summed E-state index contributed by atoms with van der Waals surface area (Å²) in [5.74, 6) is 0.908. The van der Waals surface area contributed by atoms with E-state index in [0.29, 0.717) is 31.1 Å². The molecular weight excluding hydrogens is 407 g/mol. The molecule has 2 heterocycles. The van der Waals surface area contributed by atoms with Crippen LogP contribution in [0.15, 0.2) is 18.2 Å². The number of piperidine rings is 1. The molecule has 2 amide bonds. The SMILES string of the molecule is CCN(C(=O)CCn1c(C2CCCN(C(C)=O)C2)nc2cc(F)ccc21)C1CCCCC1. The first-order chi connectivity index (χ1) is 15.5. The zero-order chi connectivity index (χ0) is 22.7.